The van der Waals surface area contributed by atoms with Gasteiger partial charge in [0.1, 0.15) is 0 Å². The highest BCUT2D eigenvalue weighted by atomic mass is 16.5. The van der Waals surface area contributed by atoms with Crippen molar-refractivity contribution in [1.29, 1.82) is 0 Å². The molecule has 0 saturated carbocycles. The molecule has 2 heteroatoms. The molecular formula is C21H20O2. The minimum Gasteiger partial charge on any atom is -0.462 e. The molecule has 23 heavy (non-hydrogen) atoms. The second-order valence-electron chi connectivity index (χ2n) is 4.86. The second kappa shape index (κ2) is 9.21. The molecule has 0 unspecified atom stereocenters. The van der Waals surface area contributed by atoms with Crippen LogP contribution in [0.25, 0.3) is 12.2 Å². The van der Waals surface area contributed by atoms with Crippen molar-refractivity contribution in [3.63, 3.8) is 0 Å². The molecule has 0 aliphatic carbocycles. The first-order chi connectivity index (χ1) is 11.3. The zero-order valence-corrected chi connectivity index (χ0v) is 13.2. The highest BCUT2D eigenvalue weighted by molar-refractivity contribution is 5.93. The lowest BCUT2D eigenvalue weighted by Gasteiger charge is -2.01. The average molecular weight is 304 g/mol. The van der Waals surface area contributed by atoms with Gasteiger partial charge in [-0.3, -0.25) is 0 Å². The molecule has 0 radical (unpaired) electrons. The predicted molar refractivity (Wildman–Crippen MR) is 95.7 cm³/mol. The molecule has 0 fully saturated rings. The third kappa shape index (κ3) is 5.79. The van der Waals surface area contributed by atoms with Crippen molar-refractivity contribution >= 4 is 18.1 Å². The van der Waals surface area contributed by atoms with Gasteiger partial charge in [-0.15, -0.1) is 0 Å². The number of hydrogen-bond acceptors (Lipinski definition) is 2. The van der Waals surface area contributed by atoms with Gasteiger partial charge in [-0.25, -0.2) is 4.79 Å². The Morgan fingerprint density at radius 3 is 2.04 bits per heavy atom. The zero-order valence-electron chi connectivity index (χ0n) is 13.2. The highest BCUT2D eigenvalue weighted by Crippen LogP contribution is 2.09. The zero-order chi connectivity index (χ0) is 16.3. The van der Waals surface area contributed by atoms with Crippen molar-refractivity contribution in [2.24, 2.45) is 0 Å². The van der Waals surface area contributed by atoms with E-state index < -0.39 is 0 Å². The van der Waals surface area contributed by atoms with Crippen molar-refractivity contribution in [2.75, 3.05) is 6.61 Å². The molecule has 0 heterocycles. The molecule has 0 atom stereocenters. The Labute approximate surface area is 137 Å². The van der Waals surface area contributed by atoms with E-state index >= 15 is 0 Å². The summed E-state index contributed by atoms with van der Waals surface area (Å²) in [6.07, 6.45) is 9.26. The van der Waals surface area contributed by atoms with Crippen molar-refractivity contribution in [2.45, 2.75) is 6.92 Å². The summed E-state index contributed by atoms with van der Waals surface area (Å²) in [5.74, 6) is -0.322. The molecule has 0 spiro atoms. The molecule has 2 aromatic rings. The topological polar surface area (TPSA) is 26.3 Å². The molecule has 0 amide bonds. The van der Waals surface area contributed by atoms with Crippen molar-refractivity contribution in [3.05, 3.63) is 95.6 Å². The van der Waals surface area contributed by atoms with E-state index in [0.29, 0.717) is 12.2 Å². The van der Waals surface area contributed by atoms with Gasteiger partial charge >= 0.3 is 5.97 Å². The summed E-state index contributed by atoms with van der Waals surface area (Å²) in [7, 11) is 0. The van der Waals surface area contributed by atoms with Gasteiger partial charge in [0.15, 0.2) is 0 Å². The summed E-state index contributed by atoms with van der Waals surface area (Å²) in [4.78, 5) is 12.0. The minimum absolute atomic E-state index is 0.322. The van der Waals surface area contributed by atoms with Crippen LogP contribution in [0, 0.1) is 0 Å². The molecule has 0 bridgehead atoms. The average Bonchev–Trinajstić information content (AvgIpc) is 2.60. The number of carbonyl (C=O) groups excluding carboxylic acids is 1. The number of esters is 1. The van der Waals surface area contributed by atoms with E-state index in [2.05, 4.69) is 0 Å². The number of carbonyl (C=O) groups is 1. The van der Waals surface area contributed by atoms with E-state index in [1.54, 1.807) is 19.1 Å². The van der Waals surface area contributed by atoms with E-state index in [-0.39, 0.29) is 5.97 Å². The van der Waals surface area contributed by atoms with Crippen LogP contribution >= 0.6 is 0 Å². The maximum Gasteiger partial charge on any atom is 0.338 e. The first-order valence-corrected chi connectivity index (χ1v) is 7.63. The number of benzene rings is 2. The third-order valence-electron chi connectivity index (χ3n) is 3.13. The second-order valence-corrected chi connectivity index (χ2v) is 4.86. The normalized spacial score (nSPS) is 12.0. The Hall–Kier alpha value is -2.87. The van der Waals surface area contributed by atoms with Gasteiger partial charge in [0.05, 0.1) is 12.2 Å². The van der Waals surface area contributed by atoms with Crippen LogP contribution < -0.4 is 0 Å². The summed E-state index contributed by atoms with van der Waals surface area (Å²) in [6, 6.07) is 19.8. The Bertz CT molecular complexity index is 695. The fourth-order valence-corrected chi connectivity index (χ4v) is 1.98. The van der Waals surface area contributed by atoms with Gasteiger partial charge in [-0.1, -0.05) is 78.9 Å². The fraction of sp³-hybridized carbons (Fsp3) is 0.0952. The van der Waals surface area contributed by atoms with Gasteiger partial charge in [0.25, 0.3) is 0 Å². The monoisotopic (exact) mass is 304 g/mol. The first kappa shape index (κ1) is 16.5. The maximum absolute atomic E-state index is 12.0. The molecule has 0 N–H and O–H groups in total. The molecular weight excluding hydrogens is 284 g/mol. The molecule has 0 aliphatic rings. The van der Waals surface area contributed by atoms with E-state index in [1.165, 1.54) is 0 Å². The lowest BCUT2D eigenvalue weighted by molar-refractivity contribution is -0.138. The van der Waals surface area contributed by atoms with Crippen LogP contribution in [-0.2, 0) is 9.53 Å². The third-order valence-corrected chi connectivity index (χ3v) is 3.13. The minimum atomic E-state index is -0.322. The van der Waals surface area contributed by atoms with Gasteiger partial charge < -0.3 is 4.74 Å². The molecule has 0 aliphatic heterocycles. The number of hydrogen-bond donors (Lipinski definition) is 0. The summed E-state index contributed by atoms with van der Waals surface area (Å²) >= 11 is 0. The lowest BCUT2D eigenvalue weighted by atomic mass is 10.1. The van der Waals surface area contributed by atoms with Crippen LogP contribution in [-0.4, -0.2) is 12.6 Å². The highest BCUT2D eigenvalue weighted by Gasteiger charge is 2.05. The Kier molecular flexibility index (Phi) is 6.61. The van der Waals surface area contributed by atoms with Gasteiger partial charge in [0.2, 0.25) is 0 Å². The smallest absolute Gasteiger partial charge is 0.338 e. The number of allylic oxidation sites excluding steroid dienone is 2. The predicted octanol–water partition coefficient (Wildman–Crippen LogP) is 4.90. The van der Waals surface area contributed by atoms with E-state index in [4.69, 9.17) is 4.74 Å². The van der Waals surface area contributed by atoms with Gasteiger partial charge in [0, 0.05) is 0 Å². The van der Waals surface area contributed by atoms with Gasteiger partial charge in [-0.2, -0.15) is 0 Å². The van der Waals surface area contributed by atoms with Crippen LogP contribution in [0.15, 0.2) is 84.5 Å². The lowest BCUT2D eigenvalue weighted by Crippen LogP contribution is -2.05. The maximum atomic E-state index is 12.0. The molecule has 116 valence electrons. The summed E-state index contributed by atoms with van der Waals surface area (Å²) in [5, 5.41) is 0. The molecule has 0 saturated heterocycles. The van der Waals surface area contributed by atoms with E-state index in [0.717, 1.165) is 11.1 Å². The van der Waals surface area contributed by atoms with Crippen LogP contribution in [0.5, 0.6) is 0 Å². The van der Waals surface area contributed by atoms with E-state index in [1.807, 2.05) is 78.9 Å². The van der Waals surface area contributed by atoms with E-state index in [9.17, 15) is 4.79 Å². The quantitative estimate of drug-likeness (QED) is 0.431. The van der Waals surface area contributed by atoms with Crippen molar-refractivity contribution < 1.29 is 9.53 Å². The SMILES string of the molecule is CCOC(=O)C(/C=C/c1ccccc1)=C/C=C/c1ccccc1. The summed E-state index contributed by atoms with van der Waals surface area (Å²) in [5.41, 5.74) is 2.64. The van der Waals surface area contributed by atoms with Crippen LogP contribution in [0.3, 0.4) is 0 Å². The Morgan fingerprint density at radius 1 is 0.913 bits per heavy atom. The van der Waals surface area contributed by atoms with Crippen molar-refractivity contribution in [1.82, 2.24) is 0 Å². The summed E-state index contributed by atoms with van der Waals surface area (Å²) < 4.78 is 5.10. The fourth-order valence-electron chi connectivity index (χ4n) is 1.98. The standard InChI is InChI=1S/C21H20O2/c1-2-23-21(22)20(17-16-19-12-7-4-8-13-19)15-9-14-18-10-5-3-6-11-18/h3-17H,2H2,1H3/b14-9+,17-16+,20-15+. The van der Waals surface area contributed by atoms with Crippen LogP contribution in [0.4, 0.5) is 0 Å². The largest absolute Gasteiger partial charge is 0.462 e. The van der Waals surface area contributed by atoms with Crippen LogP contribution in [0.1, 0.15) is 18.1 Å². The Balaban J connectivity index is 2.16. The molecule has 2 aromatic carbocycles. The van der Waals surface area contributed by atoms with Crippen LogP contribution in [0.2, 0.25) is 0 Å². The number of ether oxygens (including phenoxy) is 1. The first-order valence-electron chi connectivity index (χ1n) is 7.63. The van der Waals surface area contributed by atoms with Gasteiger partial charge in [-0.05, 0) is 30.2 Å². The molecule has 2 rings (SSSR count). The molecule has 0 aromatic heterocycles. The Morgan fingerprint density at radius 2 is 1.48 bits per heavy atom. The number of rotatable bonds is 6. The molecule has 2 nitrogen and oxygen atoms in total. The summed E-state index contributed by atoms with van der Waals surface area (Å²) in [6.45, 7) is 2.16. The van der Waals surface area contributed by atoms with Crippen molar-refractivity contribution in [3.8, 4) is 0 Å².